The Labute approximate surface area is 80.4 Å². The Morgan fingerprint density at radius 1 is 1.31 bits per heavy atom. The highest BCUT2D eigenvalue weighted by molar-refractivity contribution is 4.78. The van der Waals surface area contributed by atoms with Gasteiger partial charge in [-0.15, -0.1) is 0 Å². The third kappa shape index (κ3) is 4.07. The van der Waals surface area contributed by atoms with Gasteiger partial charge in [-0.3, -0.25) is 0 Å². The molecule has 78 valence electrons. The predicted octanol–water partition coefficient (Wildman–Crippen LogP) is 0.606. The summed E-state index contributed by atoms with van der Waals surface area (Å²) in [6.45, 7) is 5.19. The predicted molar refractivity (Wildman–Crippen MR) is 52.6 cm³/mol. The topological polar surface area (TPSA) is 43.7 Å². The molecule has 0 radical (unpaired) electrons. The first-order valence-corrected chi connectivity index (χ1v) is 5.20. The molecule has 13 heavy (non-hydrogen) atoms. The van der Waals surface area contributed by atoms with E-state index in [0.717, 1.165) is 45.3 Å². The summed E-state index contributed by atoms with van der Waals surface area (Å²) in [5.41, 5.74) is -0.464. The molecule has 0 amide bonds. The fourth-order valence-electron chi connectivity index (χ4n) is 1.84. The van der Waals surface area contributed by atoms with Gasteiger partial charge in [-0.05, 0) is 39.2 Å². The third-order valence-corrected chi connectivity index (χ3v) is 2.79. The van der Waals surface area contributed by atoms with Crippen LogP contribution in [0.4, 0.5) is 0 Å². The van der Waals surface area contributed by atoms with Crippen molar-refractivity contribution in [2.75, 3.05) is 26.2 Å². The fraction of sp³-hybridized carbons (Fsp3) is 1.00. The Hall–Kier alpha value is -0.120. The van der Waals surface area contributed by atoms with E-state index in [9.17, 15) is 5.11 Å². The SMILES string of the molecule is CC1(O)CCCN(CCCO)CC1. The molecule has 1 aliphatic heterocycles. The minimum Gasteiger partial charge on any atom is -0.396 e. The normalized spacial score (nSPS) is 31.6. The molecule has 1 fully saturated rings. The summed E-state index contributed by atoms with van der Waals surface area (Å²) in [5.74, 6) is 0. The number of aliphatic hydroxyl groups excluding tert-OH is 1. The zero-order valence-corrected chi connectivity index (χ0v) is 8.50. The van der Waals surface area contributed by atoms with Crippen LogP contribution in [0.1, 0.15) is 32.6 Å². The van der Waals surface area contributed by atoms with E-state index in [1.54, 1.807) is 0 Å². The number of aliphatic hydroxyl groups is 2. The summed E-state index contributed by atoms with van der Waals surface area (Å²) in [5, 5.41) is 18.5. The van der Waals surface area contributed by atoms with Gasteiger partial charge < -0.3 is 15.1 Å². The van der Waals surface area contributed by atoms with Gasteiger partial charge in [0.2, 0.25) is 0 Å². The summed E-state index contributed by atoms with van der Waals surface area (Å²) in [7, 11) is 0. The summed E-state index contributed by atoms with van der Waals surface area (Å²) in [6, 6.07) is 0. The lowest BCUT2D eigenvalue weighted by molar-refractivity contribution is 0.0445. The molecule has 1 unspecified atom stereocenters. The maximum atomic E-state index is 9.82. The second-order valence-electron chi connectivity index (χ2n) is 4.27. The van der Waals surface area contributed by atoms with E-state index in [1.807, 2.05) is 6.92 Å². The monoisotopic (exact) mass is 187 g/mol. The smallest absolute Gasteiger partial charge is 0.0632 e. The fourth-order valence-corrected chi connectivity index (χ4v) is 1.84. The van der Waals surface area contributed by atoms with Crippen LogP contribution in [0, 0.1) is 0 Å². The molecular formula is C10H21NO2. The molecule has 0 saturated carbocycles. The standard InChI is InChI=1S/C10H21NO2/c1-10(13)4-2-6-11(8-5-10)7-3-9-12/h12-13H,2-9H2,1H3. The van der Waals surface area contributed by atoms with Crippen LogP contribution in [0.5, 0.6) is 0 Å². The molecule has 3 heteroatoms. The van der Waals surface area contributed by atoms with Crippen molar-refractivity contribution in [1.29, 1.82) is 0 Å². The van der Waals surface area contributed by atoms with E-state index in [4.69, 9.17) is 5.11 Å². The van der Waals surface area contributed by atoms with Crippen molar-refractivity contribution in [3.05, 3.63) is 0 Å². The molecular weight excluding hydrogens is 166 g/mol. The van der Waals surface area contributed by atoms with Crippen molar-refractivity contribution < 1.29 is 10.2 Å². The summed E-state index contributed by atoms with van der Waals surface area (Å²) < 4.78 is 0. The Kier molecular flexibility index (Phi) is 4.16. The van der Waals surface area contributed by atoms with Gasteiger partial charge in [-0.1, -0.05) is 0 Å². The number of hydrogen-bond acceptors (Lipinski definition) is 3. The van der Waals surface area contributed by atoms with Crippen LogP contribution in [-0.2, 0) is 0 Å². The van der Waals surface area contributed by atoms with Gasteiger partial charge in [-0.2, -0.15) is 0 Å². The average Bonchev–Trinajstić information content (AvgIpc) is 2.23. The van der Waals surface area contributed by atoms with E-state index < -0.39 is 5.60 Å². The van der Waals surface area contributed by atoms with Gasteiger partial charge in [0.1, 0.15) is 0 Å². The molecule has 1 aliphatic rings. The van der Waals surface area contributed by atoms with E-state index >= 15 is 0 Å². The van der Waals surface area contributed by atoms with Crippen molar-refractivity contribution >= 4 is 0 Å². The van der Waals surface area contributed by atoms with Crippen LogP contribution in [0.2, 0.25) is 0 Å². The highest BCUT2D eigenvalue weighted by Gasteiger charge is 2.24. The van der Waals surface area contributed by atoms with Gasteiger partial charge in [0.05, 0.1) is 5.60 Å². The first-order chi connectivity index (χ1) is 6.14. The van der Waals surface area contributed by atoms with E-state index in [2.05, 4.69) is 4.90 Å². The quantitative estimate of drug-likeness (QED) is 0.680. The Morgan fingerprint density at radius 3 is 2.77 bits per heavy atom. The second kappa shape index (κ2) is 4.94. The largest absolute Gasteiger partial charge is 0.396 e. The Bertz CT molecular complexity index is 148. The summed E-state index contributed by atoms with van der Waals surface area (Å²) >= 11 is 0. The van der Waals surface area contributed by atoms with Crippen molar-refractivity contribution in [2.24, 2.45) is 0 Å². The lowest BCUT2D eigenvalue weighted by atomic mass is 9.98. The van der Waals surface area contributed by atoms with Gasteiger partial charge >= 0.3 is 0 Å². The molecule has 0 aromatic rings. The molecule has 0 aliphatic carbocycles. The minimum atomic E-state index is -0.464. The van der Waals surface area contributed by atoms with E-state index in [-0.39, 0.29) is 6.61 Å². The van der Waals surface area contributed by atoms with Crippen LogP contribution in [0.25, 0.3) is 0 Å². The molecule has 1 saturated heterocycles. The molecule has 1 atom stereocenters. The highest BCUT2D eigenvalue weighted by atomic mass is 16.3. The number of rotatable bonds is 3. The lowest BCUT2D eigenvalue weighted by Crippen LogP contribution is -2.29. The maximum Gasteiger partial charge on any atom is 0.0632 e. The van der Waals surface area contributed by atoms with Crippen LogP contribution in [0.15, 0.2) is 0 Å². The van der Waals surface area contributed by atoms with Crippen LogP contribution < -0.4 is 0 Å². The average molecular weight is 187 g/mol. The first kappa shape index (κ1) is 11.0. The number of nitrogens with zero attached hydrogens (tertiary/aromatic N) is 1. The molecule has 0 aromatic carbocycles. The molecule has 0 aromatic heterocycles. The first-order valence-electron chi connectivity index (χ1n) is 5.20. The van der Waals surface area contributed by atoms with Crippen molar-refractivity contribution in [1.82, 2.24) is 4.90 Å². The molecule has 2 N–H and O–H groups in total. The highest BCUT2D eigenvalue weighted by Crippen LogP contribution is 2.21. The molecule has 3 nitrogen and oxygen atoms in total. The molecule has 1 rings (SSSR count). The molecule has 1 heterocycles. The Morgan fingerprint density at radius 2 is 2.08 bits per heavy atom. The number of likely N-dealkylation sites (tertiary alicyclic amines) is 1. The summed E-state index contributed by atoms with van der Waals surface area (Å²) in [4.78, 5) is 2.33. The van der Waals surface area contributed by atoms with Gasteiger partial charge in [0.25, 0.3) is 0 Å². The molecule has 0 bridgehead atoms. The number of hydrogen-bond donors (Lipinski definition) is 2. The van der Waals surface area contributed by atoms with Crippen molar-refractivity contribution in [2.45, 2.75) is 38.2 Å². The second-order valence-corrected chi connectivity index (χ2v) is 4.27. The van der Waals surface area contributed by atoms with E-state index in [1.165, 1.54) is 0 Å². The maximum absolute atomic E-state index is 9.82. The minimum absolute atomic E-state index is 0.271. The van der Waals surface area contributed by atoms with Crippen LogP contribution in [-0.4, -0.2) is 47.0 Å². The van der Waals surface area contributed by atoms with Crippen LogP contribution >= 0.6 is 0 Å². The van der Waals surface area contributed by atoms with Crippen molar-refractivity contribution in [3.8, 4) is 0 Å². The molecule has 0 spiro atoms. The summed E-state index contributed by atoms with van der Waals surface area (Å²) in [6.07, 6.45) is 3.68. The van der Waals surface area contributed by atoms with Gasteiger partial charge in [0, 0.05) is 19.7 Å². The van der Waals surface area contributed by atoms with E-state index in [0.29, 0.717) is 0 Å². The van der Waals surface area contributed by atoms with Gasteiger partial charge in [-0.25, -0.2) is 0 Å². The third-order valence-electron chi connectivity index (χ3n) is 2.79. The van der Waals surface area contributed by atoms with Gasteiger partial charge in [0.15, 0.2) is 0 Å². The van der Waals surface area contributed by atoms with Crippen molar-refractivity contribution in [3.63, 3.8) is 0 Å². The lowest BCUT2D eigenvalue weighted by Gasteiger charge is -2.22. The zero-order chi connectivity index (χ0) is 9.73. The zero-order valence-electron chi connectivity index (χ0n) is 8.50. The Balaban J connectivity index is 2.28. The van der Waals surface area contributed by atoms with Crippen LogP contribution in [0.3, 0.4) is 0 Å².